The van der Waals surface area contributed by atoms with Crippen LogP contribution in [0.15, 0.2) is 36.4 Å². The maximum Gasteiger partial charge on any atom is 0.0991 e. The molecule has 2 aromatic rings. The van der Waals surface area contributed by atoms with Crippen LogP contribution in [0.4, 0.5) is 0 Å². The van der Waals surface area contributed by atoms with Crippen LogP contribution in [0.5, 0.6) is 0 Å². The van der Waals surface area contributed by atoms with Gasteiger partial charge in [0.2, 0.25) is 0 Å². The molecule has 0 saturated carbocycles. The Bertz CT molecular complexity index is 659. The van der Waals surface area contributed by atoms with Crippen molar-refractivity contribution in [3.05, 3.63) is 47.5 Å². The molecule has 1 atom stereocenters. The lowest BCUT2D eigenvalue weighted by atomic mass is 9.92. The molecule has 2 nitrogen and oxygen atoms in total. The van der Waals surface area contributed by atoms with Crippen LogP contribution >= 0.6 is 0 Å². The Balaban J connectivity index is 2.39. The molecule has 0 fully saturated rings. The Morgan fingerprint density at radius 2 is 2.00 bits per heavy atom. The molecule has 0 aliphatic heterocycles. The maximum absolute atomic E-state index is 9.18. The van der Waals surface area contributed by atoms with Crippen molar-refractivity contribution < 1.29 is 0 Å². The fraction of sp³-hybridized carbons (Fsp3) is 0.294. The van der Waals surface area contributed by atoms with E-state index in [1.807, 2.05) is 30.3 Å². The van der Waals surface area contributed by atoms with E-state index in [0.717, 1.165) is 30.0 Å². The lowest BCUT2D eigenvalue weighted by molar-refractivity contribution is 0.591. The summed E-state index contributed by atoms with van der Waals surface area (Å²) < 4.78 is 0. The summed E-state index contributed by atoms with van der Waals surface area (Å²) in [5.41, 5.74) is 1.87. The van der Waals surface area contributed by atoms with E-state index in [1.165, 1.54) is 5.56 Å². The van der Waals surface area contributed by atoms with Crippen LogP contribution in [0.2, 0.25) is 0 Å². The first-order valence-corrected chi connectivity index (χ1v) is 6.60. The van der Waals surface area contributed by atoms with E-state index in [4.69, 9.17) is 5.26 Å². The molecule has 0 spiro atoms. The van der Waals surface area contributed by atoms with E-state index in [2.05, 4.69) is 25.1 Å². The molecule has 0 saturated heterocycles. The van der Waals surface area contributed by atoms with Gasteiger partial charge in [-0.2, -0.15) is 10.5 Å². The van der Waals surface area contributed by atoms with Crippen molar-refractivity contribution in [1.29, 1.82) is 10.5 Å². The van der Waals surface area contributed by atoms with Crippen LogP contribution in [0, 0.1) is 28.6 Å². The quantitative estimate of drug-likeness (QED) is 0.814. The molecule has 2 heteroatoms. The van der Waals surface area contributed by atoms with Crippen LogP contribution < -0.4 is 0 Å². The van der Waals surface area contributed by atoms with Gasteiger partial charge in [0.25, 0.3) is 0 Å². The second-order valence-corrected chi connectivity index (χ2v) is 4.78. The van der Waals surface area contributed by atoms with Crippen LogP contribution in [0.1, 0.15) is 30.9 Å². The zero-order valence-electron chi connectivity index (χ0n) is 11.1. The lowest BCUT2D eigenvalue weighted by Crippen LogP contribution is -2.02. The van der Waals surface area contributed by atoms with Crippen molar-refractivity contribution in [3.8, 4) is 12.1 Å². The third kappa shape index (κ3) is 2.92. The number of hydrogen-bond donors (Lipinski definition) is 0. The molecule has 0 bridgehead atoms. The molecular formula is C17H16N2. The summed E-state index contributed by atoms with van der Waals surface area (Å²) >= 11 is 0. The minimum atomic E-state index is 0.0752. The Morgan fingerprint density at radius 3 is 2.68 bits per heavy atom. The first-order chi connectivity index (χ1) is 9.28. The molecule has 94 valence electrons. The van der Waals surface area contributed by atoms with E-state index >= 15 is 0 Å². The summed E-state index contributed by atoms with van der Waals surface area (Å²) in [6, 6.07) is 16.4. The zero-order chi connectivity index (χ0) is 13.7. The summed E-state index contributed by atoms with van der Waals surface area (Å²) in [4.78, 5) is 0. The summed E-state index contributed by atoms with van der Waals surface area (Å²) in [7, 11) is 0. The van der Waals surface area contributed by atoms with Crippen molar-refractivity contribution in [2.24, 2.45) is 5.92 Å². The zero-order valence-corrected chi connectivity index (χ0v) is 11.1. The summed E-state index contributed by atoms with van der Waals surface area (Å²) in [5, 5.41) is 20.3. The minimum Gasteiger partial charge on any atom is -0.198 e. The molecule has 1 unspecified atom stereocenters. The molecule has 0 amide bonds. The van der Waals surface area contributed by atoms with E-state index in [-0.39, 0.29) is 5.92 Å². The smallest absolute Gasteiger partial charge is 0.0991 e. The van der Waals surface area contributed by atoms with E-state index in [0.29, 0.717) is 5.56 Å². The number of nitrogens with zero attached hydrogens (tertiary/aromatic N) is 2. The van der Waals surface area contributed by atoms with Gasteiger partial charge in [-0.3, -0.25) is 0 Å². The number of fused-ring (bicyclic) bond motifs is 1. The van der Waals surface area contributed by atoms with Gasteiger partial charge in [0.15, 0.2) is 0 Å². The highest BCUT2D eigenvalue weighted by atomic mass is 14.3. The molecule has 2 rings (SSSR count). The first kappa shape index (κ1) is 13.1. The highest BCUT2D eigenvalue weighted by Gasteiger charge is 2.10. The van der Waals surface area contributed by atoms with Gasteiger partial charge in [0, 0.05) is 0 Å². The van der Waals surface area contributed by atoms with Crippen LogP contribution in [-0.2, 0) is 6.42 Å². The molecular weight excluding hydrogens is 232 g/mol. The fourth-order valence-electron chi connectivity index (χ4n) is 2.42. The maximum atomic E-state index is 9.18. The van der Waals surface area contributed by atoms with Crippen molar-refractivity contribution >= 4 is 10.8 Å². The molecule has 0 aromatic heterocycles. The molecule has 0 radical (unpaired) electrons. The average molecular weight is 248 g/mol. The standard InChI is InChI=1S/C17H16N2/c1-2-4-13(11-18)9-15-5-3-6-16-10-14(12-19)7-8-17(15)16/h3,5-8,10,13H,2,4,9H2,1H3. The Kier molecular flexibility index (Phi) is 4.16. The lowest BCUT2D eigenvalue weighted by Gasteiger charge is -2.10. The molecule has 0 aliphatic rings. The average Bonchev–Trinajstić information content (AvgIpc) is 2.46. The van der Waals surface area contributed by atoms with Crippen LogP contribution in [0.25, 0.3) is 10.8 Å². The van der Waals surface area contributed by atoms with Gasteiger partial charge in [0.1, 0.15) is 0 Å². The number of hydrogen-bond acceptors (Lipinski definition) is 2. The second kappa shape index (κ2) is 6.03. The topological polar surface area (TPSA) is 47.6 Å². The predicted molar refractivity (Wildman–Crippen MR) is 76.4 cm³/mol. The van der Waals surface area contributed by atoms with Gasteiger partial charge in [0.05, 0.1) is 23.6 Å². The second-order valence-electron chi connectivity index (χ2n) is 4.78. The summed E-state index contributed by atoms with van der Waals surface area (Å²) in [5.74, 6) is 0.0752. The van der Waals surface area contributed by atoms with E-state index < -0.39 is 0 Å². The minimum absolute atomic E-state index is 0.0752. The monoisotopic (exact) mass is 248 g/mol. The summed E-state index contributed by atoms with van der Waals surface area (Å²) in [6.07, 6.45) is 2.75. The van der Waals surface area contributed by atoms with Gasteiger partial charge in [-0.1, -0.05) is 37.6 Å². The SMILES string of the molecule is CCCC(C#N)Cc1cccc2cc(C#N)ccc12. The normalized spacial score (nSPS) is 11.7. The highest BCUT2D eigenvalue weighted by Crippen LogP contribution is 2.23. The van der Waals surface area contributed by atoms with Gasteiger partial charge in [-0.05, 0) is 41.3 Å². The van der Waals surface area contributed by atoms with Crippen molar-refractivity contribution in [1.82, 2.24) is 0 Å². The first-order valence-electron chi connectivity index (χ1n) is 6.60. The van der Waals surface area contributed by atoms with Crippen molar-refractivity contribution in [2.75, 3.05) is 0 Å². The van der Waals surface area contributed by atoms with Crippen molar-refractivity contribution in [2.45, 2.75) is 26.2 Å². The third-order valence-electron chi connectivity index (χ3n) is 3.39. The van der Waals surface area contributed by atoms with E-state index in [9.17, 15) is 5.26 Å². The van der Waals surface area contributed by atoms with Gasteiger partial charge in [-0.15, -0.1) is 0 Å². The fourth-order valence-corrected chi connectivity index (χ4v) is 2.42. The number of nitriles is 2. The van der Waals surface area contributed by atoms with Gasteiger partial charge in [-0.25, -0.2) is 0 Å². The highest BCUT2D eigenvalue weighted by molar-refractivity contribution is 5.86. The van der Waals surface area contributed by atoms with Gasteiger partial charge < -0.3 is 0 Å². The number of benzene rings is 2. The Labute approximate surface area is 113 Å². The largest absolute Gasteiger partial charge is 0.198 e. The van der Waals surface area contributed by atoms with E-state index in [1.54, 1.807) is 0 Å². The molecule has 0 N–H and O–H groups in total. The van der Waals surface area contributed by atoms with Crippen LogP contribution in [-0.4, -0.2) is 0 Å². The van der Waals surface area contributed by atoms with Gasteiger partial charge >= 0.3 is 0 Å². The molecule has 0 aliphatic carbocycles. The summed E-state index contributed by atoms with van der Waals surface area (Å²) in [6.45, 7) is 2.10. The van der Waals surface area contributed by atoms with Crippen molar-refractivity contribution in [3.63, 3.8) is 0 Å². The molecule has 2 aromatic carbocycles. The number of rotatable bonds is 4. The molecule has 19 heavy (non-hydrogen) atoms. The Morgan fingerprint density at radius 1 is 1.16 bits per heavy atom. The molecule has 0 heterocycles. The van der Waals surface area contributed by atoms with Crippen LogP contribution in [0.3, 0.4) is 0 Å². The predicted octanol–water partition coefficient (Wildman–Crippen LogP) is 4.19. The third-order valence-corrected chi connectivity index (χ3v) is 3.39. The Hall–Kier alpha value is -2.32.